The van der Waals surface area contributed by atoms with Crippen molar-refractivity contribution in [2.45, 2.75) is 20.4 Å². The Kier molecular flexibility index (Phi) is 6.66. The first-order valence-electron chi connectivity index (χ1n) is 9.17. The highest BCUT2D eigenvalue weighted by Crippen LogP contribution is 2.27. The molecule has 0 aliphatic carbocycles. The summed E-state index contributed by atoms with van der Waals surface area (Å²) >= 11 is 1.27. The lowest BCUT2D eigenvalue weighted by Gasteiger charge is -2.19. The van der Waals surface area contributed by atoms with Gasteiger partial charge in [0.25, 0.3) is 5.91 Å². The highest BCUT2D eigenvalue weighted by molar-refractivity contribution is 7.17. The van der Waals surface area contributed by atoms with E-state index in [1.54, 1.807) is 25.3 Å². The van der Waals surface area contributed by atoms with Gasteiger partial charge in [0.15, 0.2) is 0 Å². The number of aromatic nitrogens is 2. The van der Waals surface area contributed by atoms with Crippen LogP contribution in [0.2, 0.25) is 0 Å². The number of rotatable bonds is 7. The van der Waals surface area contributed by atoms with Crippen LogP contribution in [0.3, 0.4) is 0 Å². The molecular weight excluding hydrogens is 391 g/mol. The maximum absolute atomic E-state index is 13.0. The summed E-state index contributed by atoms with van der Waals surface area (Å²) in [6, 6.07) is 11.4. The first-order valence-corrected chi connectivity index (χ1v) is 9.98. The number of nitrogens with zero attached hydrogens (tertiary/aromatic N) is 3. The minimum Gasteiger partial charge on any atom is -0.350 e. The summed E-state index contributed by atoms with van der Waals surface area (Å²) in [6.45, 7) is 4.19. The van der Waals surface area contributed by atoms with E-state index in [0.29, 0.717) is 27.8 Å². The number of carbonyl (C=O) groups excluding carboxylic acids is 2. The van der Waals surface area contributed by atoms with Gasteiger partial charge in [0.1, 0.15) is 15.7 Å². The molecule has 0 aliphatic heterocycles. The summed E-state index contributed by atoms with van der Waals surface area (Å²) in [5, 5.41) is 3.43. The summed E-state index contributed by atoms with van der Waals surface area (Å²) in [4.78, 5) is 35.9. The number of halogens is 1. The van der Waals surface area contributed by atoms with Gasteiger partial charge in [-0.25, -0.2) is 9.37 Å². The third kappa shape index (κ3) is 5.23. The molecule has 0 unspecified atom stereocenters. The van der Waals surface area contributed by atoms with Crippen molar-refractivity contribution in [2.75, 3.05) is 13.1 Å². The summed E-state index contributed by atoms with van der Waals surface area (Å²) < 4.78 is 13.0. The topological polar surface area (TPSA) is 75.2 Å². The van der Waals surface area contributed by atoms with Crippen LogP contribution in [0.25, 0.3) is 10.7 Å². The molecule has 2 amide bonds. The van der Waals surface area contributed by atoms with Gasteiger partial charge in [-0.15, -0.1) is 11.3 Å². The third-order valence-corrected chi connectivity index (χ3v) is 5.45. The van der Waals surface area contributed by atoms with Crippen molar-refractivity contribution in [1.82, 2.24) is 20.2 Å². The molecule has 150 valence electrons. The molecule has 0 atom stereocenters. The number of amides is 2. The highest BCUT2D eigenvalue weighted by Gasteiger charge is 2.23. The Bertz CT molecular complexity index is 990. The second kappa shape index (κ2) is 9.38. The van der Waals surface area contributed by atoms with E-state index >= 15 is 0 Å². The molecule has 3 rings (SSSR count). The Balaban J connectivity index is 1.65. The van der Waals surface area contributed by atoms with Crippen LogP contribution in [-0.2, 0) is 11.3 Å². The summed E-state index contributed by atoms with van der Waals surface area (Å²) in [5.74, 6) is -0.842. The largest absolute Gasteiger partial charge is 0.350 e. The van der Waals surface area contributed by atoms with E-state index in [9.17, 15) is 14.0 Å². The van der Waals surface area contributed by atoms with Gasteiger partial charge in [-0.3, -0.25) is 14.6 Å². The molecule has 1 N–H and O–H groups in total. The fraction of sp³-hybridized carbons (Fsp3) is 0.238. The average Bonchev–Trinajstić information content (AvgIpc) is 3.13. The van der Waals surface area contributed by atoms with E-state index < -0.39 is 0 Å². The Labute approximate surface area is 172 Å². The molecule has 8 heteroatoms. The van der Waals surface area contributed by atoms with Crippen LogP contribution in [0.4, 0.5) is 4.39 Å². The van der Waals surface area contributed by atoms with Gasteiger partial charge in [0, 0.05) is 19.3 Å². The number of hydrogen-bond donors (Lipinski definition) is 1. The van der Waals surface area contributed by atoms with Gasteiger partial charge in [0.05, 0.1) is 17.9 Å². The first kappa shape index (κ1) is 20.6. The van der Waals surface area contributed by atoms with E-state index in [2.05, 4.69) is 15.3 Å². The zero-order valence-corrected chi connectivity index (χ0v) is 17.0. The highest BCUT2D eigenvalue weighted by atomic mass is 32.1. The quantitative estimate of drug-likeness (QED) is 0.645. The van der Waals surface area contributed by atoms with Gasteiger partial charge in [0.2, 0.25) is 5.91 Å². The molecule has 2 aromatic heterocycles. The van der Waals surface area contributed by atoms with Crippen LogP contribution in [0.15, 0.2) is 48.7 Å². The fourth-order valence-corrected chi connectivity index (χ4v) is 3.71. The van der Waals surface area contributed by atoms with Crippen molar-refractivity contribution in [3.8, 4) is 10.7 Å². The number of aryl methyl sites for hydroxylation is 1. The van der Waals surface area contributed by atoms with Crippen molar-refractivity contribution in [2.24, 2.45) is 0 Å². The first-order chi connectivity index (χ1) is 14.0. The SMILES string of the molecule is CCN(CC(=O)NCc1ccc(F)cc1)C(=O)c1sc(-c2ccccn2)nc1C. The van der Waals surface area contributed by atoms with Crippen LogP contribution < -0.4 is 5.32 Å². The van der Waals surface area contributed by atoms with Crippen LogP contribution in [0, 0.1) is 12.7 Å². The summed E-state index contributed by atoms with van der Waals surface area (Å²) in [5.41, 5.74) is 2.11. The predicted molar refractivity (Wildman–Crippen MR) is 110 cm³/mol. The minimum absolute atomic E-state index is 0.0627. The molecular formula is C21H21FN4O2S. The number of likely N-dealkylation sites (N-methyl/N-ethyl adjacent to an activating group) is 1. The molecule has 1 aromatic carbocycles. The second-order valence-electron chi connectivity index (χ2n) is 6.37. The monoisotopic (exact) mass is 412 g/mol. The number of thiazole rings is 1. The van der Waals surface area contributed by atoms with Crippen LogP contribution in [0.1, 0.15) is 27.9 Å². The molecule has 0 aliphatic rings. The van der Waals surface area contributed by atoms with E-state index in [0.717, 1.165) is 5.56 Å². The van der Waals surface area contributed by atoms with Crippen LogP contribution in [0.5, 0.6) is 0 Å². The zero-order chi connectivity index (χ0) is 20.8. The summed E-state index contributed by atoms with van der Waals surface area (Å²) in [6.07, 6.45) is 1.68. The third-order valence-electron chi connectivity index (χ3n) is 4.28. The lowest BCUT2D eigenvalue weighted by molar-refractivity contribution is -0.121. The van der Waals surface area contributed by atoms with E-state index in [-0.39, 0.29) is 30.7 Å². The normalized spacial score (nSPS) is 10.6. The Morgan fingerprint density at radius 3 is 2.59 bits per heavy atom. The van der Waals surface area contributed by atoms with E-state index in [1.165, 1.54) is 28.4 Å². The molecule has 0 spiro atoms. The maximum atomic E-state index is 13.0. The lowest BCUT2D eigenvalue weighted by atomic mass is 10.2. The number of benzene rings is 1. The minimum atomic E-state index is -0.326. The number of nitrogens with one attached hydrogen (secondary N) is 1. The number of carbonyl (C=O) groups is 2. The van der Waals surface area contributed by atoms with Gasteiger partial charge >= 0.3 is 0 Å². The number of hydrogen-bond acceptors (Lipinski definition) is 5. The summed E-state index contributed by atoms with van der Waals surface area (Å²) in [7, 11) is 0. The standard InChI is InChI=1S/C21H21FN4O2S/c1-3-26(13-18(27)24-12-15-7-9-16(22)10-8-15)21(28)19-14(2)25-20(29-19)17-6-4-5-11-23-17/h4-11H,3,12-13H2,1-2H3,(H,24,27). The van der Waals surface area contributed by atoms with Crippen molar-refractivity contribution >= 4 is 23.2 Å². The Hall–Kier alpha value is -3.13. The fourth-order valence-electron chi connectivity index (χ4n) is 2.70. The molecule has 0 bridgehead atoms. The molecule has 0 radical (unpaired) electrons. The molecule has 2 heterocycles. The average molecular weight is 412 g/mol. The van der Waals surface area contributed by atoms with Gasteiger partial charge in [-0.05, 0) is 43.7 Å². The van der Waals surface area contributed by atoms with Crippen molar-refractivity contribution < 1.29 is 14.0 Å². The van der Waals surface area contributed by atoms with Crippen molar-refractivity contribution in [1.29, 1.82) is 0 Å². The Morgan fingerprint density at radius 2 is 1.93 bits per heavy atom. The molecule has 6 nitrogen and oxygen atoms in total. The van der Waals surface area contributed by atoms with Crippen LogP contribution in [-0.4, -0.2) is 39.8 Å². The van der Waals surface area contributed by atoms with E-state index in [4.69, 9.17) is 0 Å². The zero-order valence-electron chi connectivity index (χ0n) is 16.2. The molecule has 29 heavy (non-hydrogen) atoms. The molecule has 0 saturated carbocycles. The van der Waals surface area contributed by atoms with E-state index in [1.807, 2.05) is 25.1 Å². The predicted octanol–water partition coefficient (Wildman–Crippen LogP) is 3.43. The number of pyridine rings is 1. The molecule has 0 saturated heterocycles. The second-order valence-corrected chi connectivity index (χ2v) is 7.37. The molecule has 3 aromatic rings. The smallest absolute Gasteiger partial charge is 0.266 e. The van der Waals surface area contributed by atoms with Crippen LogP contribution >= 0.6 is 11.3 Å². The van der Waals surface area contributed by atoms with Gasteiger partial charge < -0.3 is 10.2 Å². The van der Waals surface area contributed by atoms with Gasteiger partial charge in [-0.1, -0.05) is 18.2 Å². The Morgan fingerprint density at radius 1 is 1.17 bits per heavy atom. The van der Waals surface area contributed by atoms with Crippen molar-refractivity contribution in [3.05, 3.63) is 70.6 Å². The van der Waals surface area contributed by atoms with Gasteiger partial charge in [-0.2, -0.15) is 0 Å². The molecule has 0 fully saturated rings. The van der Waals surface area contributed by atoms with Crippen molar-refractivity contribution in [3.63, 3.8) is 0 Å². The lowest BCUT2D eigenvalue weighted by Crippen LogP contribution is -2.40. The maximum Gasteiger partial charge on any atom is 0.266 e.